The van der Waals surface area contributed by atoms with E-state index >= 15 is 0 Å². The average molecular weight is 277 g/mol. The molecule has 0 bridgehead atoms. The zero-order chi connectivity index (χ0) is 13.1. The van der Waals surface area contributed by atoms with Crippen LogP contribution in [0.4, 0.5) is 0 Å². The Morgan fingerprint density at radius 1 is 1.42 bits per heavy atom. The van der Waals surface area contributed by atoms with Crippen LogP contribution in [0.15, 0.2) is 38.6 Å². The van der Waals surface area contributed by atoms with Crippen molar-refractivity contribution in [2.75, 3.05) is 0 Å². The van der Waals surface area contributed by atoms with Crippen LogP contribution in [0.25, 0.3) is 0 Å². The van der Waals surface area contributed by atoms with Gasteiger partial charge in [0.2, 0.25) is 5.16 Å². The molecule has 8 heteroatoms. The largest absolute Gasteiger partial charge is 0.467 e. The van der Waals surface area contributed by atoms with Crippen LogP contribution >= 0.6 is 11.8 Å². The molecule has 0 saturated heterocycles. The predicted molar refractivity (Wildman–Crippen MR) is 66.4 cm³/mol. The summed E-state index contributed by atoms with van der Waals surface area (Å²) in [5.74, 6) is 2.27. The van der Waals surface area contributed by atoms with Gasteiger partial charge in [-0.25, -0.2) is 4.68 Å². The van der Waals surface area contributed by atoms with Crippen molar-refractivity contribution in [3.8, 4) is 0 Å². The molecule has 0 unspecified atom stereocenters. The number of aryl methyl sites for hydroxylation is 1. The Morgan fingerprint density at radius 2 is 2.37 bits per heavy atom. The number of thioether (sulfide) groups is 1. The number of rotatable bonds is 5. The van der Waals surface area contributed by atoms with E-state index in [4.69, 9.17) is 8.94 Å². The molecule has 0 aromatic carbocycles. The van der Waals surface area contributed by atoms with Gasteiger partial charge in [0.1, 0.15) is 18.1 Å². The van der Waals surface area contributed by atoms with E-state index in [2.05, 4.69) is 20.7 Å². The van der Waals surface area contributed by atoms with E-state index in [9.17, 15) is 0 Å². The Bertz CT molecular complexity index is 646. The van der Waals surface area contributed by atoms with E-state index in [1.165, 1.54) is 11.8 Å². The lowest BCUT2D eigenvalue weighted by atomic mass is 10.4. The molecule has 3 heterocycles. The number of hydrogen-bond donors (Lipinski definition) is 0. The lowest BCUT2D eigenvalue weighted by molar-refractivity contribution is 0.393. The Morgan fingerprint density at radius 3 is 3.11 bits per heavy atom. The van der Waals surface area contributed by atoms with E-state index in [0.717, 1.165) is 22.4 Å². The van der Waals surface area contributed by atoms with Gasteiger partial charge < -0.3 is 8.94 Å². The second-order valence-corrected chi connectivity index (χ2v) is 4.86. The molecule has 98 valence electrons. The molecule has 0 amide bonds. The fourth-order valence-corrected chi connectivity index (χ4v) is 2.33. The molecule has 0 saturated carbocycles. The highest BCUT2D eigenvalue weighted by molar-refractivity contribution is 7.98. The molecule has 0 N–H and O–H groups in total. The summed E-state index contributed by atoms with van der Waals surface area (Å²) in [6.45, 7) is 2.38. The van der Waals surface area contributed by atoms with Crippen molar-refractivity contribution >= 4 is 11.8 Å². The summed E-state index contributed by atoms with van der Waals surface area (Å²) in [5.41, 5.74) is 0.870. The van der Waals surface area contributed by atoms with Gasteiger partial charge in [0.15, 0.2) is 0 Å². The van der Waals surface area contributed by atoms with Gasteiger partial charge in [0.25, 0.3) is 0 Å². The molecule has 0 spiro atoms. The zero-order valence-corrected chi connectivity index (χ0v) is 11.0. The van der Waals surface area contributed by atoms with Crippen LogP contribution in [0.5, 0.6) is 0 Å². The maximum Gasteiger partial charge on any atom is 0.210 e. The molecule has 3 aromatic heterocycles. The van der Waals surface area contributed by atoms with Gasteiger partial charge in [-0.15, -0.1) is 5.10 Å². The quantitative estimate of drug-likeness (QED) is 0.658. The minimum absolute atomic E-state index is 0.514. The summed E-state index contributed by atoms with van der Waals surface area (Å²) in [7, 11) is 0. The fraction of sp³-hybridized carbons (Fsp3) is 0.273. The van der Waals surface area contributed by atoms with E-state index in [0.29, 0.717) is 12.3 Å². The van der Waals surface area contributed by atoms with E-state index in [1.807, 2.05) is 25.1 Å². The third kappa shape index (κ3) is 2.84. The number of aromatic nitrogens is 5. The number of tetrazole rings is 1. The van der Waals surface area contributed by atoms with Crippen molar-refractivity contribution in [2.24, 2.45) is 0 Å². The monoisotopic (exact) mass is 277 g/mol. The van der Waals surface area contributed by atoms with Gasteiger partial charge in [-0.3, -0.25) is 0 Å². The third-order valence-electron chi connectivity index (χ3n) is 2.41. The number of hydrogen-bond acceptors (Lipinski definition) is 7. The smallest absolute Gasteiger partial charge is 0.210 e. The highest BCUT2D eigenvalue weighted by Crippen LogP contribution is 2.20. The zero-order valence-electron chi connectivity index (χ0n) is 10.2. The molecule has 0 aliphatic rings. The van der Waals surface area contributed by atoms with Crippen molar-refractivity contribution < 1.29 is 8.94 Å². The molecular formula is C11H11N5O2S. The van der Waals surface area contributed by atoms with Crippen LogP contribution in [0, 0.1) is 6.92 Å². The molecular weight excluding hydrogens is 266 g/mol. The fourth-order valence-electron chi connectivity index (χ4n) is 1.57. The summed E-state index contributed by atoms with van der Waals surface area (Å²) in [6.07, 6.45) is 1.63. The van der Waals surface area contributed by atoms with Crippen molar-refractivity contribution in [1.82, 2.24) is 25.4 Å². The maximum atomic E-state index is 5.27. The molecule has 0 aliphatic carbocycles. The predicted octanol–water partition coefficient (Wildman–Crippen LogP) is 1.90. The first-order chi connectivity index (χ1) is 9.31. The van der Waals surface area contributed by atoms with Crippen molar-refractivity contribution in [2.45, 2.75) is 24.4 Å². The van der Waals surface area contributed by atoms with Gasteiger partial charge in [-0.2, -0.15) is 0 Å². The molecule has 19 heavy (non-hydrogen) atoms. The summed E-state index contributed by atoms with van der Waals surface area (Å²) < 4.78 is 12.0. The Kier molecular flexibility index (Phi) is 3.32. The first kappa shape index (κ1) is 12.0. The molecule has 3 aromatic rings. The third-order valence-corrected chi connectivity index (χ3v) is 3.40. The van der Waals surface area contributed by atoms with Gasteiger partial charge in [0, 0.05) is 11.8 Å². The average Bonchev–Trinajstić information content (AvgIpc) is 3.10. The van der Waals surface area contributed by atoms with Crippen molar-refractivity contribution in [3.63, 3.8) is 0 Å². The molecule has 0 aliphatic heterocycles. The van der Waals surface area contributed by atoms with Crippen LogP contribution in [0.2, 0.25) is 0 Å². The second-order valence-electron chi connectivity index (χ2n) is 3.92. The topological polar surface area (TPSA) is 82.8 Å². The van der Waals surface area contributed by atoms with Crippen LogP contribution in [0.1, 0.15) is 17.2 Å². The first-order valence-electron chi connectivity index (χ1n) is 5.65. The Hall–Kier alpha value is -2.09. The van der Waals surface area contributed by atoms with Crippen molar-refractivity contribution in [1.29, 1.82) is 0 Å². The van der Waals surface area contributed by atoms with Crippen LogP contribution in [-0.4, -0.2) is 25.4 Å². The summed E-state index contributed by atoms with van der Waals surface area (Å²) in [6, 6.07) is 5.62. The summed E-state index contributed by atoms with van der Waals surface area (Å²) >= 11 is 1.50. The second kappa shape index (κ2) is 5.27. The van der Waals surface area contributed by atoms with Crippen LogP contribution in [0.3, 0.4) is 0 Å². The highest BCUT2D eigenvalue weighted by Gasteiger charge is 2.10. The Balaban J connectivity index is 1.66. The summed E-state index contributed by atoms with van der Waals surface area (Å²) in [5, 5.41) is 16.2. The van der Waals surface area contributed by atoms with Gasteiger partial charge in [-0.1, -0.05) is 16.9 Å². The first-order valence-corrected chi connectivity index (χ1v) is 6.63. The summed E-state index contributed by atoms with van der Waals surface area (Å²) in [4.78, 5) is 0. The number of nitrogens with zero attached hydrogens (tertiary/aromatic N) is 5. The van der Waals surface area contributed by atoms with Gasteiger partial charge >= 0.3 is 0 Å². The standard InChI is InChI=1S/C11H11N5O2S/c1-8-5-9(13-18-8)7-19-11-12-14-15-16(11)6-10-3-2-4-17-10/h2-5H,6-7H2,1H3. The lowest BCUT2D eigenvalue weighted by Crippen LogP contribution is -2.03. The minimum atomic E-state index is 0.514. The van der Waals surface area contributed by atoms with Crippen molar-refractivity contribution in [3.05, 3.63) is 41.7 Å². The lowest BCUT2D eigenvalue weighted by Gasteiger charge is -2.00. The van der Waals surface area contributed by atoms with Gasteiger partial charge in [0.05, 0.1) is 12.0 Å². The van der Waals surface area contributed by atoms with Crippen LogP contribution in [-0.2, 0) is 12.3 Å². The van der Waals surface area contributed by atoms with Crippen LogP contribution < -0.4 is 0 Å². The molecule has 0 atom stereocenters. The van der Waals surface area contributed by atoms with E-state index in [1.54, 1.807) is 10.9 Å². The van der Waals surface area contributed by atoms with E-state index in [-0.39, 0.29) is 0 Å². The maximum absolute atomic E-state index is 5.27. The molecule has 0 radical (unpaired) electrons. The Labute approximate surface area is 113 Å². The highest BCUT2D eigenvalue weighted by atomic mass is 32.2. The number of furan rings is 1. The molecule has 3 rings (SSSR count). The molecule has 7 nitrogen and oxygen atoms in total. The van der Waals surface area contributed by atoms with E-state index < -0.39 is 0 Å². The minimum Gasteiger partial charge on any atom is -0.467 e. The SMILES string of the molecule is Cc1cc(CSc2nnnn2Cc2ccco2)no1. The van der Waals surface area contributed by atoms with Gasteiger partial charge in [-0.05, 0) is 29.5 Å². The normalized spacial score (nSPS) is 11.0. The molecule has 0 fully saturated rings.